The van der Waals surface area contributed by atoms with Crippen LogP contribution >= 0.6 is 0 Å². The first-order valence-electron chi connectivity index (χ1n) is 9.24. The van der Waals surface area contributed by atoms with E-state index < -0.39 is 0 Å². The van der Waals surface area contributed by atoms with Gasteiger partial charge < -0.3 is 10.6 Å². The minimum Gasteiger partial charge on any atom is -0.376 e. The van der Waals surface area contributed by atoms with Gasteiger partial charge in [-0.1, -0.05) is 39.0 Å². The Morgan fingerprint density at radius 2 is 1.71 bits per heavy atom. The Bertz CT molecular complexity index is 969. The fourth-order valence-corrected chi connectivity index (χ4v) is 2.84. The maximum absolute atomic E-state index is 12.3. The molecule has 0 fully saturated rings. The fourth-order valence-electron chi connectivity index (χ4n) is 2.84. The summed E-state index contributed by atoms with van der Waals surface area (Å²) in [4.78, 5) is 12.3. The SMILES string of the molecule is Cc1ccc(NCC(=O)Nc2ccc(C(C)(C)C)cc2)cc1-n1nnnc1C. The highest BCUT2D eigenvalue weighted by Crippen LogP contribution is 2.23. The van der Waals surface area contributed by atoms with Crippen LogP contribution in [0.3, 0.4) is 0 Å². The topological polar surface area (TPSA) is 84.7 Å². The van der Waals surface area contributed by atoms with Crippen LogP contribution < -0.4 is 10.6 Å². The van der Waals surface area contributed by atoms with Crippen LogP contribution in [-0.4, -0.2) is 32.7 Å². The molecular weight excluding hydrogens is 352 g/mol. The van der Waals surface area contributed by atoms with Crippen LogP contribution in [0.15, 0.2) is 42.5 Å². The minimum atomic E-state index is -0.107. The summed E-state index contributed by atoms with van der Waals surface area (Å²) >= 11 is 0. The highest BCUT2D eigenvalue weighted by atomic mass is 16.1. The zero-order valence-corrected chi connectivity index (χ0v) is 16.9. The van der Waals surface area contributed by atoms with Crippen molar-refractivity contribution in [1.29, 1.82) is 0 Å². The highest BCUT2D eigenvalue weighted by Gasteiger charge is 2.13. The van der Waals surface area contributed by atoms with Gasteiger partial charge in [-0.05, 0) is 65.1 Å². The summed E-state index contributed by atoms with van der Waals surface area (Å²) in [6.45, 7) is 10.5. The Balaban J connectivity index is 1.63. The van der Waals surface area contributed by atoms with Gasteiger partial charge in [-0.2, -0.15) is 4.68 Å². The molecule has 0 spiro atoms. The summed E-state index contributed by atoms with van der Waals surface area (Å²) in [5, 5.41) is 17.7. The summed E-state index contributed by atoms with van der Waals surface area (Å²) in [7, 11) is 0. The van der Waals surface area contributed by atoms with Crippen molar-refractivity contribution in [3.05, 3.63) is 59.4 Å². The van der Waals surface area contributed by atoms with Gasteiger partial charge in [-0.3, -0.25) is 4.79 Å². The van der Waals surface area contributed by atoms with Crippen molar-refractivity contribution in [2.75, 3.05) is 17.2 Å². The number of aryl methyl sites for hydroxylation is 2. The van der Waals surface area contributed by atoms with Crippen molar-refractivity contribution < 1.29 is 4.79 Å². The maximum Gasteiger partial charge on any atom is 0.243 e. The first-order valence-corrected chi connectivity index (χ1v) is 9.24. The Morgan fingerprint density at radius 1 is 1.04 bits per heavy atom. The van der Waals surface area contributed by atoms with Crippen molar-refractivity contribution >= 4 is 17.3 Å². The summed E-state index contributed by atoms with van der Waals surface area (Å²) < 4.78 is 1.68. The number of hydrogen-bond acceptors (Lipinski definition) is 5. The van der Waals surface area contributed by atoms with E-state index in [2.05, 4.69) is 46.9 Å². The molecular formula is C21H26N6O. The van der Waals surface area contributed by atoms with Crippen LogP contribution in [-0.2, 0) is 10.2 Å². The molecule has 0 unspecified atom stereocenters. The molecule has 3 rings (SSSR count). The third kappa shape index (κ3) is 4.54. The molecule has 0 radical (unpaired) electrons. The highest BCUT2D eigenvalue weighted by molar-refractivity contribution is 5.93. The Hall–Kier alpha value is -3.22. The molecule has 1 amide bonds. The lowest BCUT2D eigenvalue weighted by Crippen LogP contribution is -2.22. The molecule has 7 nitrogen and oxygen atoms in total. The standard InChI is InChI=1S/C21H26N6O/c1-14-6-9-18(12-19(14)27-15(2)24-25-26-27)22-13-20(28)23-17-10-7-16(8-11-17)21(3,4)5/h6-12,22H,13H2,1-5H3,(H,23,28). The number of hydrogen-bond donors (Lipinski definition) is 2. The van der Waals surface area contributed by atoms with Gasteiger partial charge in [-0.15, -0.1) is 5.10 Å². The molecule has 1 heterocycles. The summed E-state index contributed by atoms with van der Waals surface area (Å²) in [6, 6.07) is 13.8. The summed E-state index contributed by atoms with van der Waals surface area (Å²) in [6.07, 6.45) is 0. The smallest absolute Gasteiger partial charge is 0.243 e. The van der Waals surface area contributed by atoms with Gasteiger partial charge in [0.05, 0.1) is 12.2 Å². The third-order valence-corrected chi connectivity index (χ3v) is 4.55. The summed E-state index contributed by atoms with van der Waals surface area (Å²) in [5.74, 6) is 0.598. The van der Waals surface area contributed by atoms with E-state index in [0.717, 1.165) is 22.6 Å². The van der Waals surface area contributed by atoms with E-state index in [4.69, 9.17) is 0 Å². The second-order valence-electron chi connectivity index (χ2n) is 7.87. The van der Waals surface area contributed by atoms with Crippen LogP contribution in [0, 0.1) is 13.8 Å². The van der Waals surface area contributed by atoms with E-state index in [9.17, 15) is 4.79 Å². The molecule has 0 saturated carbocycles. The number of amides is 1. The maximum atomic E-state index is 12.3. The molecule has 146 valence electrons. The molecule has 0 aliphatic rings. The lowest BCUT2D eigenvalue weighted by atomic mass is 9.87. The number of carbonyl (C=O) groups is 1. The van der Waals surface area contributed by atoms with Gasteiger partial charge in [0, 0.05) is 11.4 Å². The number of rotatable bonds is 5. The predicted octanol–water partition coefficient (Wildman–Crippen LogP) is 3.63. The van der Waals surface area contributed by atoms with E-state index in [1.165, 1.54) is 5.56 Å². The molecule has 2 N–H and O–H groups in total. The lowest BCUT2D eigenvalue weighted by molar-refractivity contribution is -0.114. The average molecular weight is 378 g/mol. The van der Waals surface area contributed by atoms with Gasteiger partial charge in [0.2, 0.25) is 5.91 Å². The molecule has 0 aliphatic heterocycles. The van der Waals surface area contributed by atoms with Crippen molar-refractivity contribution in [1.82, 2.24) is 20.2 Å². The molecule has 7 heteroatoms. The Morgan fingerprint density at radius 3 is 2.32 bits per heavy atom. The quantitative estimate of drug-likeness (QED) is 0.708. The van der Waals surface area contributed by atoms with Crippen molar-refractivity contribution in [3.63, 3.8) is 0 Å². The second kappa shape index (κ2) is 7.80. The van der Waals surface area contributed by atoms with Gasteiger partial charge in [0.1, 0.15) is 0 Å². The number of carbonyl (C=O) groups excluding carboxylic acids is 1. The van der Waals surface area contributed by atoms with Crippen LogP contribution in [0.2, 0.25) is 0 Å². The zero-order valence-electron chi connectivity index (χ0n) is 16.9. The van der Waals surface area contributed by atoms with E-state index in [1.54, 1.807) is 4.68 Å². The lowest BCUT2D eigenvalue weighted by Gasteiger charge is -2.19. The molecule has 3 aromatic rings. The van der Waals surface area contributed by atoms with Crippen molar-refractivity contribution in [2.24, 2.45) is 0 Å². The third-order valence-electron chi connectivity index (χ3n) is 4.55. The van der Waals surface area contributed by atoms with Crippen LogP contribution in [0.25, 0.3) is 5.69 Å². The normalized spacial score (nSPS) is 11.3. The van der Waals surface area contributed by atoms with Crippen molar-refractivity contribution in [3.8, 4) is 5.69 Å². The van der Waals surface area contributed by atoms with E-state index in [-0.39, 0.29) is 17.9 Å². The number of nitrogens with one attached hydrogen (secondary N) is 2. The largest absolute Gasteiger partial charge is 0.376 e. The number of benzene rings is 2. The van der Waals surface area contributed by atoms with Gasteiger partial charge >= 0.3 is 0 Å². The molecule has 0 saturated heterocycles. The molecule has 0 aliphatic carbocycles. The number of aromatic nitrogens is 4. The second-order valence-corrected chi connectivity index (χ2v) is 7.87. The van der Waals surface area contributed by atoms with Crippen LogP contribution in [0.1, 0.15) is 37.7 Å². The van der Waals surface area contributed by atoms with Crippen LogP contribution in [0.5, 0.6) is 0 Å². The molecule has 2 aromatic carbocycles. The number of tetrazole rings is 1. The molecule has 28 heavy (non-hydrogen) atoms. The first-order chi connectivity index (χ1) is 13.2. The minimum absolute atomic E-state index is 0.0885. The number of anilines is 2. The Labute approximate surface area is 165 Å². The number of nitrogens with zero attached hydrogens (tertiary/aromatic N) is 4. The molecule has 0 bridgehead atoms. The predicted molar refractivity (Wildman–Crippen MR) is 111 cm³/mol. The van der Waals surface area contributed by atoms with E-state index >= 15 is 0 Å². The fraction of sp³-hybridized carbons (Fsp3) is 0.333. The summed E-state index contributed by atoms with van der Waals surface area (Å²) in [5.41, 5.74) is 4.86. The average Bonchev–Trinajstić information content (AvgIpc) is 3.06. The monoisotopic (exact) mass is 378 g/mol. The van der Waals surface area contributed by atoms with Gasteiger partial charge in [-0.25, -0.2) is 0 Å². The first kappa shape index (κ1) is 19.5. The van der Waals surface area contributed by atoms with Crippen molar-refractivity contribution in [2.45, 2.75) is 40.0 Å². The Kier molecular flexibility index (Phi) is 5.44. The molecule has 1 aromatic heterocycles. The van der Waals surface area contributed by atoms with Gasteiger partial charge in [0.25, 0.3) is 0 Å². The van der Waals surface area contributed by atoms with E-state index in [0.29, 0.717) is 5.82 Å². The van der Waals surface area contributed by atoms with Gasteiger partial charge in [0.15, 0.2) is 5.82 Å². The van der Waals surface area contributed by atoms with Crippen LogP contribution in [0.4, 0.5) is 11.4 Å². The van der Waals surface area contributed by atoms with E-state index in [1.807, 2.05) is 56.3 Å². The molecule has 0 atom stereocenters. The zero-order chi connectivity index (χ0) is 20.3.